The number of amides is 1. The molecule has 0 saturated carbocycles. The second-order valence-corrected chi connectivity index (χ2v) is 6.09. The van der Waals surface area contributed by atoms with Crippen LogP contribution in [0.2, 0.25) is 0 Å². The minimum Gasteiger partial charge on any atom is -0.399 e. The molecule has 0 atom stereocenters. The Morgan fingerprint density at radius 2 is 1.83 bits per heavy atom. The number of carbonyl (C=O) groups excluding carboxylic acids is 1. The average molecular weight is 309 g/mol. The number of benzene rings is 2. The van der Waals surface area contributed by atoms with Crippen LogP contribution in [0.3, 0.4) is 0 Å². The van der Waals surface area contributed by atoms with Crippen LogP contribution in [-0.2, 0) is 0 Å². The quantitative estimate of drug-likeness (QED) is 0.847. The molecule has 0 bridgehead atoms. The van der Waals surface area contributed by atoms with Gasteiger partial charge in [-0.05, 0) is 56.0 Å². The van der Waals surface area contributed by atoms with E-state index in [1.807, 2.05) is 49.4 Å². The van der Waals surface area contributed by atoms with Gasteiger partial charge in [-0.3, -0.25) is 4.79 Å². The maximum absolute atomic E-state index is 12.6. The predicted octanol–water partition coefficient (Wildman–Crippen LogP) is 3.82. The van der Waals surface area contributed by atoms with Crippen molar-refractivity contribution in [1.82, 2.24) is 0 Å². The lowest BCUT2D eigenvalue weighted by Crippen LogP contribution is -2.30. The number of rotatable bonds is 3. The lowest BCUT2D eigenvalue weighted by atomic mass is 10.1. The Bertz CT molecular complexity index is 706. The summed E-state index contributed by atoms with van der Waals surface area (Å²) in [5.41, 5.74) is 10.1. The van der Waals surface area contributed by atoms with Gasteiger partial charge < -0.3 is 16.0 Å². The van der Waals surface area contributed by atoms with Crippen molar-refractivity contribution in [2.75, 3.05) is 29.0 Å². The molecule has 3 N–H and O–H groups in total. The first kappa shape index (κ1) is 15.4. The fourth-order valence-corrected chi connectivity index (χ4v) is 3.08. The van der Waals surface area contributed by atoms with Crippen molar-refractivity contribution < 1.29 is 4.79 Å². The van der Waals surface area contributed by atoms with Gasteiger partial charge in [-0.25, -0.2) is 0 Å². The van der Waals surface area contributed by atoms with E-state index in [1.54, 1.807) is 0 Å². The lowest BCUT2D eigenvalue weighted by molar-refractivity contribution is 0.102. The van der Waals surface area contributed by atoms with Gasteiger partial charge in [0.2, 0.25) is 0 Å². The minimum atomic E-state index is -0.0908. The molecule has 23 heavy (non-hydrogen) atoms. The number of anilines is 3. The van der Waals surface area contributed by atoms with E-state index in [0.717, 1.165) is 30.0 Å². The summed E-state index contributed by atoms with van der Waals surface area (Å²) in [4.78, 5) is 14.9. The SMILES string of the molecule is Cc1ccccc1C(=O)Nc1cc(N)ccc1N1CCCCC1. The molecule has 3 rings (SSSR count). The maximum atomic E-state index is 12.6. The topological polar surface area (TPSA) is 58.4 Å². The molecule has 0 aliphatic carbocycles. The largest absolute Gasteiger partial charge is 0.399 e. The zero-order valence-electron chi connectivity index (χ0n) is 13.5. The lowest BCUT2D eigenvalue weighted by Gasteiger charge is -2.30. The van der Waals surface area contributed by atoms with Crippen LogP contribution >= 0.6 is 0 Å². The highest BCUT2D eigenvalue weighted by Gasteiger charge is 2.17. The Balaban J connectivity index is 1.88. The number of hydrogen-bond acceptors (Lipinski definition) is 3. The van der Waals surface area contributed by atoms with E-state index < -0.39 is 0 Å². The number of nitrogens with one attached hydrogen (secondary N) is 1. The monoisotopic (exact) mass is 309 g/mol. The van der Waals surface area contributed by atoms with Gasteiger partial charge >= 0.3 is 0 Å². The van der Waals surface area contributed by atoms with E-state index >= 15 is 0 Å². The molecule has 0 spiro atoms. The summed E-state index contributed by atoms with van der Waals surface area (Å²) in [6, 6.07) is 13.4. The Kier molecular flexibility index (Phi) is 4.51. The molecule has 2 aromatic rings. The summed E-state index contributed by atoms with van der Waals surface area (Å²) < 4.78 is 0. The number of nitrogens with two attached hydrogens (primary N) is 1. The van der Waals surface area contributed by atoms with E-state index in [0.29, 0.717) is 11.3 Å². The summed E-state index contributed by atoms with van der Waals surface area (Å²) >= 11 is 0. The predicted molar refractivity (Wildman–Crippen MR) is 96.1 cm³/mol. The van der Waals surface area contributed by atoms with Crippen molar-refractivity contribution in [3.05, 3.63) is 53.6 Å². The zero-order chi connectivity index (χ0) is 16.2. The highest BCUT2D eigenvalue weighted by Crippen LogP contribution is 2.31. The maximum Gasteiger partial charge on any atom is 0.255 e. The molecule has 4 heteroatoms. The van der Waals surface area contributed by atoms with Crippen LogP contribution in [-0.4, -0.2) is 19.0 Å². The Hall–Kier alpha value is -2.49. The van der Waals surface area contributed by atoms with Crippen LogP contribution < -0.4 is 16.0 Å². The van der Waals surface area contributed by atoms with Crippen LogP contribution in [0.25, 0.3) is 0 Å². The van der Waals surface area contributed by atoms with Crippen molar-refractivity contribution in [1.29, 1.82) is 0 Å². The third-order valence-electron chi connectivity index (χ3n) is 4.36. The highest BCUT2D eigenvalue weighted by molar-refractivity contribution is 6.07. The molecule has 2 aromatic carbocycles. The molecule has 0 aromatic heterocycles. The first-order valence-corrected chi connectivity index (χ1v) is 8.16. The first-order valence-electron chi connectivity index (χ1n) is 8.16. The van der Waals surface area contributed by atoms with Gasteiger partial charge in [0.05, 0.1) is 11.4 Å². The van der Waals surface area contributed by atoms with Crippen LogP contribution in [0.4, 0.5) is 17.1 Å². The molecular formula is C19H23N3O. The second-order valence-electron chi connectivity index (χ2n) is 6.09. The number of nitrogens with zero attached hydrogens (tertiary/aromatic N) is 1. The molecule has 0 radical (unpaired) electrons. The minimum absolute atomic E-state index is 0.0908. The molecule has 1 aliphatic heterocycles. The van der Waals surface area contributed by atoms with Gasteiger partial charge in [-0.1, -0.05) is 18.2 Å². The number of nitrogen functional groups attached to an aromatic ring is 1. The highest BCUT2D eigenvalue weighted by atomic mass is 16.1. The molecule has 1 aliphatic rings. The van der Waals surface area contributed by atoms with Crippen molar-refractivity contribution >= 4 is 23.0 Å². The van der Waals surface area contributed by atoms with E-state index in [9.17, 15) is 4.79 Å². The van der Waals surface area contributed by atoms with E-state index in [2.05, 4.69) is 10.2 Å². The Labute approximate surface area is 137 Å². The van der Waals surface area contributed by atoms with Crippen LogP contribution in [0, 0.1) is 6.92 Å². The molecule has 1 amide bonds. The van der Waals surface area contributed by atoms with E-state index in [1.165, 1.54) is 19.3 Å². The third kappa shape index (κ3) is 3.47. The van der Waals surface area contributed by atoms with Crippen molar-refractivity contribution in [2.45, 2.75) is 26.2 Å². The smallest absolute Gasteiger partial charge is 0.255 e. The van der Waals surface area contributed by atoms with Crippen LogP contribution in [0.5, 0.6) is 0 Å². The number of aryl methyl sites for hydroxylation is 1. The third-order valence-corrected chi connectivity index (χ3v) is 4.36. The zero-order valence-corrected chi connectivity index (χ0v) is 13.5. The summed E-state index contributed by atoms with van der Waals surface area (Å²) in [7, 11) is 0. The van der Waals surface area contributed by atoms with Crippen molar-refractivity contribution in [3.63, 3.8) is 0 Å². The number of hydrogen-bond donors (Lipinski definition) is 2. The Morgan fingerprint density at radius 3 is 2.57 bits per heavy atom. The molecule has 120 valence electrons. The molecule has 1 heterocycles. The summed E-state index contributed by atoms with van der Waals surface area (Å²) in [5, 5.41) is 3.05. The fraction of sp³-hybridized carbons (Fsp3) is 0.316. The summed E-state index contributed by atoms with van der Waals surface area (Å²) in [6.45, 7) is 3.99. The fourth-order valence-electron chi connectivity index (χ4n) is 3.08. The first-order chi connectivity index (χ1) is 11.1. The average Bonchev–Trinajstić information content (AvgIpc) is 2.56. The Morgan fingerprint density at radius 1 is 1.09 bits per heavy atom. The molecule has 1 fully saturated rings. The van der Waals surface area contributed by atoms with Crippen LogP contribution in [0.15, 0.2) is 42.5 Å². The number of piperidine rings is 1. The molecule has 0 unspecified atom stereocenters. The summed E-state index contributed by atoms with van der Waals surface area (Å²) in [6.07, 6.45) is 3.65. The molecule has 4 nitrogen and oxygen atoms in total. The van der Waals surface area contributed by atoms with E-state index in [-0.39, 0.29) is 5.91 Å². The van der Waals surface area contributed by atoms with E-state index in [4.69, 9.17) is 5.73 Å². The van der Waals surface area contributed by atoms with Gasteiger partial charge in [0, 0.05) is 24.3 Å². The normalized spacial score (nSPS) is 14.6. The van der Waals surface area contributed by atoms with Crippen molar-refractivity contribution in [3.8, 4) is 0 Å². The van der Waals surface area contributed by atoms with Gasteiger partial charge in [0.15, 0.2) is 0 Å². The second kappa shape index (κ2) is 6.73. The number of carbonyl (C=O) groups is 1. The standard InChI is InChI=1S/C19H23N3O/c1-14-7-3-4-8-16(14)19(23)21-17-13-15(20)9-10-18(17)22-11-5-2-6-12-22/h3-4,7-10,13H,2,5-6,11-12,20H2,1H3,(H,21,23). The van der Waals surface area contributed by atoms with Gasteiger partial charge in [0.1, 0.15) is 0 Å². The van der Waals surface area contributed by atoms with Crippen LogP contribution in [0.1, 0.15) is 35.2 Å². The van der Waals surface area contributed by atoms with Crippen molar-refractivity contribution in [2.24, 2.45) is 0 Å². The van der Waals surface area contributed by atoms with Gasteiger partial charge in [-0.2, -0.15) is 0 Å². The van der Waals surface area contributed by atoms with Gasteiger partial charge in [0.25, 0.3) is 5.91 Å². The molecular weight excluding hydrogens is 286 g/mol. The summed E-state index contributed by atoms with van der Waals surface area (Å²) in [5.74, 6) is -0.0908. The molecule has 1 saturated heterocycles. The van der Waals surface area contributed by atoms with Gasteiger partial charge in [-0.15, -0.1) is 0 Å².